The standard InChI is InChI=1S/C13H23N5O/c1-4-5-18-6-7-19-10(8-18)12-15-11(9(2)3)16-13(14)17-12/h9-10H,4-8H2,1-3H3,(H2,14,15,16,17). The Bertz CT molecular complexity index is 421. The van der Waals surface area contributed by atoms with Crippen LogP contribution in [0.15, 0.2) is 0 Å². The fourth-order valence-corrected chi connectivity index (χ4v) is 2.21. The molecule has 2 rings (SSSR count). The van der Waals surface area contributed by atoms with Crippen molar-refractivity contribution in [1.29, 1.82) is 0 Å². The normalized spacial score (nSPS) is 20.9. The van der Waals surface area contributed by atoms with Gasteiger partial charge in [0.05, 0.1) is 6.61 Å². The van der Waals surface area contributed by atoms with Gasteiger partial charge < -0.3 is 10.5 Å². The molecule has 106 valence electrons. The maximum atomic E-state index is 5.78. The zero-order valence-corrected chi connectivity index (χ0v) is 12.0. The third-order valence-electron chi connectivity index (χ3n) is 3.18. The molecule has 0 amide bonds. The van der Waals surface area contributed by atoms with Gasteiger partial charge in [-0.25, -0.2) is 4.98 Å². The number of hydrogen-bond acceptors (Lipinski definition) is 6. The van der Waals surface area contributed by atoms with E-state index in [9.17, 15) is 0 Å². The summed E-state index contributed by atoms with van der Waals surface area (Å²) in [6.07, 6.45) is 1.05. The van der Waals surface area contributed by atoms with Gasteiger partial charge in [0.25, 0.3) is 0 Å². The monoisotopic (exact) mass is 265 g/mol. The molecule has 6 heteroatoms. The molecule has 0 radical (unpaired) electrons. The van der Waals surface area contributed by atoms with Crippen molar-refractivity contribution in [1.82, 2.24) is 19.9 Å². The third-order valence-corrected chi connectivity index (χ3v) is 3.18. The lowest BCUT2D eigenvalue weighted by molar-refractivity contribution is -0.0343. The number of rotatable bonds is 4. The molecule has 0 aliphatic carbocycles. The number of anilines is 1. The highest BCUT2D eigenvalue weighted by molar-refractivity contribution is 5.18. The van der Waals surface area contributed by atoms with E-state index in [-0.39, 0.29) is 18.0 Å². The van der Waals surface area contributed by atoms with Gasteiger partial charge in [-0.2, -0.15) is 9.97 Å². The summed E-state index contributed by atoms with van der Waals surface area (Å²) in [6, 6.07) is 0. The van der Waals surface area contributed by atoms with Crippen LogP contribution in [0.4, 0.5) is 5.95 Å². The average molecular weight is 265 g/mol. The van der Waals surface area contributed by atoms with E-state index in [4.69, 9.17) is 10.5 Å². The van der Waals surface area contributed by atoms with Gasteiger partial charge in [-0.3, -0.25) is 4.90 Å². The Hall–Kier alpha value is -1.27. The molecule has 2 N–H and O–H groups in total. The molecule has 1 aromatic heterocycles. The molecule has 1 aliphatic rings. The molecule has 1 atom stereocenters. The van der Waals surface area contributed by atoms with Crippen molar-refractivity contribution in [2.75, 3.05) is 32.0 Å². The van der Waals surface area contributed by atoms with Crippen molar-refractivity contribution in [3.05, 3.63) is 11.6 Å². The molecule has 1 aliphatic heterocycles. The zero-order valence-electron chi connectivity index (χ0n) is 12.0. The van der Waals surface area contributed by atoms with Crippen LogP contribution in [0, 0.1) is 0 Å². The summed E-state index contributed by atoms with van der Waals surface area (Å²) in [7, 11) is 0. The minimum atomic E-state index is -0.0944. The van der Waals surface area contributed by atoms with E-state index < -0.39 is 0 Å². The number of ether oxygens (including phenoxy) is 1. The Balaban J connectivity index is 2.16. The Morgan fingerprint density at radius 3 is 2.84 bits per heavy atom. The van der Waals surface area contributed by atoms with Gasteiger partial charge in [0.1, 0.15) is 11.9 Å². The highest BCUT2D eigenvalue weighted by Gasteiger charge is 2.25. The highest BCUT2D eigenvalue weighted by Crippen LogP contribution is 2.21. The zero-order chi connectivity index (χ0) is 13.8. The smallest absolute Gasteiger partial charge is 0.223 e. The van der Waals surface area contributed by atoms with Crippen LogP contribution >= 0.6 is 0 Å². The minimum Gasteiger partial charge on any atom is -0.368 e. The largest absolute Gasteiger partial charge is 0.368 e. The van der Waals surface area contributed by atoms with Gasteiger partial charge in [0, 0.05) is 19.0 Å². The van der Waals surface area contributed by atoms with Crippen molar-refractivity contribution in [2.45, 2.75) is 39.2 Å². The molecule has 0 spiro atoms. The van der Waals surface area contributed by atoms with E-state index in [1.807, 2.05) is 13.8 Å². The highest BCUT2D eigenvalue weighted by atomic mass is 16.5. The minimum absolute atomic E-state index is 0.0944. The van der Waals surface area contributed by atoms with Gasteiger partial charge in [-0.1, -0.05) is 20.8 Å². The maximum absolute atomic E-state index is 5.78. The van der Waals surface area contributed by atoms with Crippen molar-refractivity contribution < 1.29 is 4.74 Å². The fourth-order valence-electron chi connectivity index (χ4n) is 2.21. The van der Waals surface area contributed by atoms with Gasteiger partial charge in [-0.05, 0) is 13.0 Å². The lowest BCUT2D eigenvalue weighted by Gasteiger charge is -2.31. The first-order chi connectivity index (χ1) is 9.10. The van der Waals surface area contributed by atoms with Crippen molar-refractivity contribution in [2.24, 2.45) is 0 Å². The molecule has 2 heterocycles. The lowest BCUT2D eigenvalue weighted by atomic mass is 10.2. The average Bonchev–Trinajstić information content (AvgIpc) is 2.38. The Morgan fingerprint density at radius 1 is 1.37 bits per heavy atom. The number of aromatic nitrogens is 3. The van der Waals surface area contributed by atoms with E-state index in [1.165, 1.54) is 0 Å². The SMILES string of the molecule is CCCN1CCOC(c2nc(N)nc(C(C)C)n2)C1. The lowest BCUT2D eigenvalue weighted by Crippen LogP contribution is -2.39. The fraction of sp³-hybridized carbons (Fsp3) is 0.769. The second-order valence-corrected chi connectivity index (χ2v) is 5.22. The Morgan fingerprint density at radius 2 is 2.16 bits per heavy atom. The van der Waals surface area contributed by atoms with E-state index in [1.54, 1.807) is 0 Å². The number of morpholine rings is 1. The van der Waals surface area contributed by atoms with Crippen molar-refractivity contribution >= 4 is 5.95 Å². The van der Waals surface area contributed by atoms with Crippen LogP contribution in [0.3, 0.4) is 0 Å². The van der Waals surface area contributed by atoms with E-state index in [0.717, 1.165) is 31.9 Å². The molecule has 1 aromatic rings. The number of nitrogen functional groups attached to an aromatic ring is 1. The second kappa shape index (κ2) is 6.25. The molecular formula is C13H23N5O. The van der Waals surface area contributed by atoms with Gasteiger partial charge in [0.15, 0.2) is 5.82 Å². The molecule has 1 fully saturated rings. The van der Waals surface area contributed by atoms with E-state index in [2.05, 4.69) is 26.8 Å². The summed E-state index contributed by atoms with van der Waals surface area (Å²) in [6.45, 7) is 9.87. The van der Waals surface area contributed by atoms with Gasteiger partial charge >= 0.3 is 0 Å². The summed E-state index contributed by atoms with van der Waals surface area (Å²) in [5, 5.41) is 0. The molecule has 1 saturated heterocycles. The molecule has 19 heavy (non-hydrogen) atoms. The number of nitrogens with two attached hydrogens (primary N) is 1. The predicted molar refractivity (Wildman–Crippen MR) is 73.8 cm³/mol. The van der Waals surface area contributed by atoms with Crippen LogP contribution in [0.5, 0.6) is 0 Å². The maximum Gasteiger partial charge on any atom is 0.223 e. The summed E-state index contributed by atoms with van der Waals surface area (Å²) in [4.78, 5) is 15.3. The van der Waals surface area contributed by atoms with Crippen LogP contribution in [0.25, 0.3) is 0 Å². The van der Waals surface area contributed by atoms with Crippen LogP contribution in [0.2, 0.25) is 0 Å². The van der Waals surface area contributed by atoms with Crippen LogP contribution in [-0.4, -0.2) is 46.1 Å². The van der Waals surface area contributed by atoms with Crippen LogP contribution in [-0.2, 0) is 4.74 Å². The summed E-state index contributed by atoms with van der Waals surface area (Å²) in [5.41, 5.74) is 5.77. The van der Waals surface area contributed by atoms with Crippen molar-refractivity contribution in [3.8, 4) is 0 Å². The van der Waals surface area contributed by atoms with Crippen molar-refractivity contribution in [3.63, 3.8) is 0 Å². The Labute approximate surface area is 114 Å². The molecule has 0 saturated carbocycles. The van der Waals surface area contributed by atoms with Crippen LogP contribution < -0.4 is 5.73 Å². The molecular weight excluding hydrogens is 242 g/mol. The van der Waals surface area contributed by atoms with E-state index in [0.29, 0.717) is 12.4 Å². The topological polar surface area (TPSA) is 77.2 Å². The summed E-state index contributed by atoms with van der Waals surface area (Å²) < 4.78 is 5.78. The second-order valence-electron chi connectivity index (χ2n) is 5.22. The molecule has 6 nitrogen and oxygen atoms in total. The molecule has 0 bridgehead atoms. The van der Waals surface area contributed by atoms with Gasteiger partial charge in [-0.15, -0.1) is 0 Å². The summed E-state index contributed by atoms with van der Waals surface area (Å²) in [5.74, 6) is 1.92. The Kier molecular flexibility index (Phi) is 4.66. The van der Waals surface area contributed by atoms with Gasteiger partial charge in [0.2, 0.25) is 5.95 Å². The first-order valence-electron chi connectivity index (χ1n) is 6.95. The molecule has 1 unspecified atom stereocenters. The van der Waals surface area contributed by atoms with E-state index >= 15 is 0 Å². The first-order valence-corrected chi connectivity index (χ1v) is 6.95. The number of hydrogen-bond donors (Lipinski definition) is 1. The van der Waals surface area contributed by atoms with Crippen LogP contribution in [0.1, 0.15) is 50.9 Å². The third kappa shape index (κ3) is 3.61. The molecule has 0 aromatic carbocycles. The summed E-state index contributed by atoms with van der Waals surface area (Å²) >= 11 is 0. The first kappa shape index (κ1) is 14.1. The quantitative estimate of drug-likeness (QED) is 0.885. The predicted octanol–water partition coefficient (Wildman–Crippen LogP) is 1.36. The number of nitrogens with zero attached hydrogens (tertiary/aromatic N) is 4.